The molecule has 0 spiro atoms. The van der Waals surface area contributed by atoms with Crippen molar-refractivity contribution in [2.24, 2.45) is 0 Å². The van der Waals surface area contributed by atoms with Crippen molar-refractivity contribution in [1.29, 1.82) is 0 Å². The summed E-state index contributed by atoms with van der Waals surface area (Å²) in [5, 5.41) is 0. The van der Waals surface area contributed by atoms with Crippen LogP contribution in [0.2, 0.25) is 0 Å². The van der Waals surface area contributed by atoms with Crippen molar-refractivity contribution in [2.75, 3.05) is 24.7 Å². The minimum Gasteiger partial charge on any atom is -0.376 e. The number of sulfone groups is 1. The van der Waals surface area contributed by atoms with Crippen molar-refractivity contribution in [1.82, 2.24) is 0 Å². The van der Waals surface area contributed by atoms with Gasteiger partial charge in [0.15, 0.2) is 9.84 Å². The Bertz CT molecular complexity index is 310. The normalized spacial score (nSPS) is 39.7. The summed E-state index contributed by atoms with van der Waals surface area (Å²) in [5.41, 5.74) is 0. The Balaban J connectivity index is 1.79. The number of hydrogen-bond acceptors (Lipinski definition) is 4. The molecule has 88 valence electrons. The third kappa shape index (κ3) is 3.28. The molecule has 2 heterocycles. The number of hydrogen-bond donors (Lipinski definition) is 0. The standard InChI is InChI=1S/C9H15IO4S/c10-8-5-15(11,12)6-9(8)14-4-7-2-1-3-13-7/h7-9H,1-6H2. The molecule has 3 unspecified atom stereocenters. The van der Waals surface area contributed by atoms with Crippen LogP contribution in [0.25, 0.3) is 0 Å². The van der Waals surface area contributed by atoms with Gasteiger partial charge in [0.2, 0.25) is 0 Å². The highest BCUT2D eigenvalue weighted by atomic mass is 127. The summed E-state index contributed by atoms with van der Waals surface area (Å²) in [4.78, 5) is 0. The van der Waals surface area contributed by atoms with Gasteiger partial charge in [-0.25, -0.2) is 8.42 Å². The van der Waals surface area contributed by atoms with E-state index in [9.17, 15) is 8.42 Å². The molecule has 0 radical (unpaired) electrons. The van der Waals surface area contributed by atoms with Gasteiger partial charge in [-0.3, -0.25) is 0 Å². The summed E-state index contributed by atoms with van der Waals surface area (Å²) in [6, 6.07) is 0. The van der Waals surface area contributed by atoms with Crippen LogP contribution in [0.3, 0.4) is 0 Å². The fourth-order valence-corrected chi connectivity index (χ4v) is 6.05. The van der Waals surface area contributed by atoms with Gasteiger partial charge in [-0.05, 0) is 12.8 Å². The second-order valence-electron chi connectivity index (χ2n) is 4.10. The molecule has 6 heteroatoms. The van der Waals surface area contributed by atoms with E-state index in [1.165, 1.54) is 0 Å². The molecular weight excluding hydrogens is 331 g/mol. The molecule has 0 amide bonds. The smallest absolute Gasteiger partial charge is 0.154 e. The zero-order valence-electron chi connectivity index (χ0n) is 8.39. The third-order valence-electron chi connectivity index (χ3n) is 2.75. The number of rotatable bonds is 3. The molecule has 0 saturated carbocycles. The largest absolute Gasteiger partial charge is 0.376 e. The van der Waals surface area contributed by atoms with Crippen LogP contribution in [-0.4, -0.2) is 49.3 Å². The first-order valence-electron chi connectivity index (χ1n) is 5.14. The molecule has 2 aliphatic rings. The van der Waals surface area contributed by atoms with E-state index < -0.39 is 9.84 Å². The monoisotopic (exact) mass is 346 g/mol. The van der Waals surface area contributed by atoms with Crippen LogP contribution in [0.5, 0.6) is 0 Å². The van der Waals surface area contributed by atoms with Gasteiger partial charge in [0, 0.05) is 6.61 Å². The van der Waals surface area contributed by atoms with Crippen LogP contribution in [0.1, 0.15) is 12.8 Å². The highest BCUT2D eigenvalue weighted by Crippen LogP contribution is 2.24. The molecule has 0 bridgehead atoms. The molecule has 0 aromatic heterocycles. The van der Waals surface area contributed by atoms with Crippen LogP contribution in [0.4, 0.5) is 0 Å². The highest BCUT2D eigenvalue weighted by Gasteiger charge is 2.37. The Morgan fingerprint density at radius 3 is 2.73 bits per heavy atom. The molecule has 0 aromatic carbocycles. The van der Waals surface area contributed by atoms with Crippen LogP contribution < -0.4 is 0 Å². The summed E-state index contributed by atoms with van der Waals surface area (Å²) >= 11 is 2.16. The van der Waals surface area contributed by atoms with Gasteiger partial charge in [-0.1, -0.05) is 22.6 Å². The summed E-state index contributed by atoms with van der Waals surface area (Å²) in [5.74, 6) is 0.428. The van der Waals surface area contributed by atoms with Gasteiger partial charge >= 0.3 is 0 Å². The van der Waals surface area contributed by atoms with Crippen molar-refractivity contribution in [3.05, 3.63) is 0 Å². The van der Waals surface area contributed by atoms with E-state index in [2.05, 4.69) is 22.6 Å². The minimum absolute atomic E-state index is 0.0917. The number of ether oxygens (including phenoxy) is 2. The molecule has 3 atom stereocenters. The zero-order valence-corrected chi connectivity index (χ0v) is 11.4. The number of halogens is 1. The molecular formula is C9H15IO4S. The summed E-state index contributed by atoms with van der Waals surface area (Å²) in [7, 11) is -2.86. The zero-order chi connectivity index (χ0) is 10.9. The van der Waals surface area contributed by atoms with Crippen molar-refractivity contribution < 1.29 is 17.9 Å². The van der Waals surface area contributed by atoms with Gasteiger partial charge in [0.05, 0.1) is 34.2 Å². The molecule has 2 aliphatic heterocycles. The maximum Gasteiger partial charge on any atom is 0.154 e. The highest BCUT2D eigenvalue weighted by molar-refractivity contribution is 14.1. The van der Waals surface area contributed by atoms with Crippen molar-refractivity contribution in [3.63, 3.8) is 0 Å². The quantitative estimate of drug-likeness (QED) is 0.560. The van der Waals surface area contributed by atoms with E-state index >= 15 is 0 Å². The van der Waals surface area contributed by atoms with Crippen LogP contribution in [-0.2, 0) is 19.3 Å². The van der Waals surface area contributed by atoms with Crippen LogP contribution in [0.15, 0.2) is 0 Å². The van der Waals surface area contributed by atoms with Crippen molar-refractivity contribution in [3.8, 4) is 0 Å². The predicted octanol–water partition coefficient (Wildman–Crippen LogP) is 0.783. The van der Waals surface area contributed by atoms with Gasteiger partial charge < -0.3 is 9.47 Å². The molecule has 0 aliphatic carbocycles. The van der Waals surface area contributed by atoms with E-state index in [1.54, 1.807) is 0 Å². The van der Waals surface area contributed by atoms with E-state index in [1.807, 2.05) is 0 Å². The first-order chi connectivity index (χ1) is 7.07. The SMILES string of the molecule is O=S1(=O)CC(I)C(OCC2CCCO2)C1. The molecule has 0 N–H and O–H groups in total. The van der Waals surface area contributed by atoms with Gasteiger partial charge in [0.25, 0.3) is 0 Å². The second kappa shape index (κ2) is 4.85. The van der Waals surface area contributed by atoms with Crippen molar-refractivity contribution >= 4 is 32.4 Å². The lowest BCUT2D eigenvalue weighted by Gasteiger charge is -2.16. The average Bonchev–Trinajstić information content (AvgIpc) is 2.70. The van der Waals surface area contributed by atoms with Crippen molar-refractivity contribution in [2.45, 2.75) is 29.0 Å². The Kier molecular flexibility index (Phi) is 3.90. The predicted molar refractivity (Wildman–Crippen MR) is 65.2 cm³/mol. The topological polar surface area (TPSA) is 52.6 Å². The first kappa shape index (κ1) is 12.1. The molecule has 2 rings (SSSR count). The van der Waals surface area contributed by atoms with E-state index in [0.717, 1.165) is 19.4 Å². The van der Waals surface area contributed by atoms with Crippen LogP contribution in [0, 0.1) is 0 Å². The summed E-state index contributed by atoms with van der Waals surface area (Å²) in [6.45, 7) is 1.35. The summed E-state index contributed by atoms with van der Waals surface area (Å²) < 4.78 is 33.8. The fourth-order valence-electron chi connectivity index (χ4n) is 1.93. The van der Waals surface area contributed by atoms with Crippen LogP contribution >= 0.6 is 22.6 Å². The van der Waals surface area contributed by atoms with E-state index in [-0.39, 0.29) is 27.6 Å². The maximum atomic E-state index is 11.3. The molecule has 15 heavy (non-hydrogen) atoms. The van der Waals surface area contributed by atoms with Gasteiger partial charge in [0.1, 0.15) is 0 Å². The lowest BCUT2D eigenvalue weighted by Crippen LogP contribution is -2.27. The molecule has 0 aromatic rings. The Morgan fingerprint density at radius 1 is 1.40 bits per heavy atom. The molecule has 2 saturated heterocycles. The Labute approximate surface area is 104 Å². The fraction of sp³-hybridized carbons (Fsp3) is 1.00. The summed E-state index contributed by atoms with van der Waals surface area (Å²) in [6.07, 6.45) is 2.16. The Morgan fingerprint density at radius 2 is 2.20 bits per heavy atom. The number of alkyl halides is 1. The first-order valence-corrected chi connectivity index (χ1v) is 8.21. The third-order valence-corrected chi connectivity index (χ3v) is 6.30. The maximum absolute atomic E-state index is 11.3. The van der Waals surface area contributed by atoms with E-state index in [4.69, 9.17) is 9.47 Å². The lowest BCUT2D eigenvalue weighted by atomic mass is 10.2. The Hall–Kier alpha value is 0.600. The van der Waals surface area contributed by atoms with Gasteiger partial charge in [-0.15, -0.1) is 0 Å². The van der Waals surface area contributed by atoms with Gasteiger partial charge in [-0.2, -0.15) is 0 Å². The van der Waals surface area contributed by atoms with E-state index in [0.29, 0.717) is 6.61 Å². The molecule has 2 fully saturated rings. The minimum atomic E-state index is -2.86. The average molecular weight is 346 g/mol. The second-order valence-corrected chi connectivity index (χ2v) is 7.85. The molecule has 4 nitrogen and oxygen atoms in total. The lowest BCUT2D eigenvalue weighted by molar-refractivity contribution is -0.00828.